The van der Waals surface area contributed by atoms with Crippen molar-refractivity contribution in [2.75, 3.05) is 19.3 Å². The van der Waals surface area contributed by atoms with Crippen LogP contribution in [-0.2, 0) is 6.54 Å². The Morgan fingerprint density at radius 2 is 2.35 bits per heavy atom. The number of nitrogens with one attached hydrogen (secondary N) is 3. The summed E-state index contributed by atoms with van der Waals surface area (Å²) in [6.07, 6.45) is 4.45. The summed E-state index contributed by atoms with van der Waals surface area (Å²) in [6.45, 7) is 6.05. The molecule has 0 spiro atoms. The van der Waals surface area contributed by atoms with E-state index >= 15 is 0 Å². The molecular weight excluding hydrogens is 385 g/mol. The van der Waals surface area contributed by atoms with Crippen molar-refractivity contribution in [2.45, 2.75) is 38.0 Å². The smallest absolute Gasteiger partial charge is 0.191 e. The lowest BCUT2D eigenvalue weighted by Gasteiger charge is -2.24. The van der Waals surface area contributed by atoms with Crippen LogP contribution in [0.3, 0.4) is 0 Å². The number of nitrogens with zero attached hydrogens (tertiary/aromatic N) is 2. The number of hydrogen-bond acceptors (Lipinski definition) is 3. The van der Waals surface area contributed by atoms with Crippen molar-refractivity contribution >= 4 is 41.7 Å². The third kappa shape index (κ3) is 4.83. The van der Waals surface area contributed by atoms with Crippen molar-refractivity contribution in [2.24, 2.45) is 4.99 Å². The van der Waals surface area contributed by atoms with Gasteiger partial charge in [-0.05, 0) is 32.4 Å². The molecule has 1 saturated heterocycles. The standard InChI is InChI=1S/C13H23N5S.HI/c1-10-11(8-17-18-10)7-15-12(14-3)16-9-13(2)5-4-6-19-13;/h8H,4-7,9H2,1-3H3,(H,17,18)(H2,14,15,16);1H. The summed E-state index contributed by atoms with van der Waals surface area (Å²) in [5.41, 5.74) is 2.27. The van der Waals surface area contributed by atoms with Crippen molar-refractivity contribution in [1.29, 1.82) is 0 Å². The minimum Gasteiger partial charge on any atom is -0.355 e. The third-order valence-electron chi connectivity index (χ3n) is 3.53. The summed E-state index contributed by atoms with van der Waals surface area (Å²) >= 11 is 2.06. The molecule has 5 nitrogen and oxygen atoms in total. The average molecular weight is 409 g/mol. The Bertz CT molecular complexity index is 440. The van der Waals surface area contributed by atoms with Gasteiger partial charge in [0, 0.05) is 36.1 Å². The number of hydrogen-bond donors (Lipinski definition) is 3. The maximum atomic E-state index is 4.26. The summed E-state index contributed by atoms with van der Waals surface area (Å²) in [5, 5.41) is 13.7. The van der Waals surface area contributed by atoms with Crippen molar-refractivity contribution in [3.8, 4) is 0 Å². The number of thioether (sulfide) groups is 1. The van der Waals surface area contributed by atoms with E-state index in [1.54, 1.807) is 0 Å². The summed E-state index contributed by atoms with van der Waals surface area (Å²) in [6, 6.07) is 0. The molecule has 2 heterocycles. The lowest BCUT2D eigenvalue weighted by atomic mass is 10.1. The SMILES string of the molecule is CN=C(NCc1cn[nH]c1C)NCC1(C)CCCS1.I. The second kappa shape index (κ2) is 8.11. The van der Waals surface area contributed by atoms with Crippen LogP contribution < -0.4 is 10.6 Å². The van der Waals surface area contributed by atoms with Crippen LogP contribution in [0.15, 0.2) is 11.2 Å². The fourth-order valence-corrected chi connectivity index (χ4v) is 3.44. The van der Waals surface area contributed by atoms with Gasteiger partial charge in [-0.1, -0.05) is 0 Å². The number of aliphatic imine (C=N–C) groups is 1. The third-order valence-corrected chi connectivity index (χ3v) is 5.07. The number of aryl methyl sites for hydroxylation is 1. The lowest BCUT2D eigenvalue weighted by molar-refractivity contribution is 0.584. The maximum Gasteiger partial charge on any atom is 0.191 e. The Balaban J connectivity index is 0.00000200. The summed E-state index contributed by atoms with van der Waals surface area (Å²) in [7, 11) is 1.81. The summed E-state index contributed by atoms with van der Waals surface area (Å²) in [5.74, 6) is 2.13. The molecule has 1 aromatic heterocycles. The van der Waals surface area contributed by atoms with Gasteiger partial charge < -0.3 is 10.6 Å². The van der Waals surface area contributed by atoms with Gasteiger partial charge in [0.2, 0.25) is 0 Å². The maximum absolute atomic E-state index is 4.26. The van der Waals surface area contributed by atoms with Crippen LogP contribution in [0.5, 0.6) is 0 Å². The van der Waals surface area contributed by atoms with E-state index in [4.69, 9.17) is 0 Å². The topological polar surface area (TPSA) is 65.1 Å². The zero-order valence-corrected chi connectivity index (χ0v) is 15.5. The Labute approximate surface area is 142 Å². The Hall–Kier alpha value is -0.440. The van der Waals surface area contributed by atoms with Crippen LogP contribution in [0, 0.1) is 6.92 Å². The van der Waals surface area contributed by atoms with E-state index in [0.29, 0.717) is 4.75 Å². The summed E-state index contributed by atoms with van der Waals surface area (Å²) < 4.78 is 0.350. The van der Waals surface area contributed by atoms with Crippen LogP contribution in [0.1, 0.15) is 31.0 Å². The molecule has 0 bridgehead atoms. The van der Waals surface area contributed by atoms with Crippen molar-refractivity contribution in [1.82, 2.24) is 20.8 Å². The van der Waals surface area contributed by atoms with Gasteiger partial charge in [0.25, 0.3) is 0 Å². The molecule has 0 aliphatic carbocycles. The van der Waals surface area contributed by atoms with Gasteiger partial charge in [-0.3, -0.25) is 10.1 Å². The lowest BCUT2D eigenvalue weighted by Crippen LogP contribution is -2.43. The summed E-state index contributed by atoms with van der Waals surface area (Å²) in [4.78, 5) is 4.26. The molecule has 1 aliphatic heterocycles. The van der Waals surface area contributed by atoms with Crippen LogP contribution in [-0.4, -0.2) is 40.2 Å². The first-order valence-corrected chi connectivity index (χ1v) is 7.69. The van der Waals surface area contributed by atoms with E-state index in [1.807, 2.05) is 20.2 Å². The Morgan fingerprint density at radius 3 is 2.90 bits per heavy atom. The van der Waals surface area contributed by atoms with Gasteiger partial charge in [-0.25, -0.2) is 0 Å². The van der Waals surface area contributed by atoms with Gasteiger partial charge in [0.1, 0.15) is 0 Å². The van der Waals surface area contributed by atoms with Crippen LogP contribution >= 0.6 is 35.7 Å². The average Bonchev–Trinajstić information content (AvgIpc) is 3.00. The highest BCUT2D eigenvalue weighted by Gasteiger charge is 2.29. The van der Waals surface area contributed by atoms with Crippen molar-refractivity contribution < 1.29 is 0 Å². The Morgan fingerprint density at radius 1 is 1.55 bits per heavy atom. The first-order valence-electron chi connectivity index (χ1n) is 6.70. The number of halogens is 1. The van der Waals surface area contributed by atoms with E-state index in [0.717, 1.165) is 24.7 Å². The number of guanidine groups is 1. The van der Waals surface area contributed by atoms with E-state index < -0.39 is 0 Å². The molecule has 114 valence electrons. The first kappa shape index (κ1) is 17.6. The molecule has 1 fully saturated rings. The molecule has 2 rings (SSSR count). The second-order valence-corrected chi connectivity index (χ2v) is 6.88. The largest absolute Gasteiger partial charge is 0.355 e. The number of H-pyrrole nitrogens is 1. The molecule has 0 amide bonds. The highest BCUT2D eigenvalue weighted by atomic mass is 127. The van der Waals surface area contributed by atoms with Gasteiger partial charge >= 0.3 is 0 Å². The molecule has 1 aliphatic rings. The molecular formula is C13H24IN5S. The predicted molar refractivity (Wildman–Crippen MR) is 97.0 cm³/mol. The zero-order chi connectivity index (χ0) is 13.7. The van der Waals surface area contributed by atoms with Crippen LogP contribution in [0.2, 0.25) is 0 Å². The molecule has 3 N–H and O–H groups in total. The molecule has 1 atom stereocenters. The number of aromatic amines is 1. The quantitative estimate of drug-likeness (QED) is 0.406. The molecule has 0 saturated carbocycles. The molecule has 0 radical (unpaired) electrons. The van der Waals surface area contributed by atoms with Crippen LogP contribution in [0.25, 0.3) is 0 Å². The highest BCUT2D eigenvalue weighted by molar-refractivity contribution is 14.0. The van der Waals surface area contributed by atoms with E-state index in [2.05, 4.69) is 44.5 Å². The van der Waals surface area contributed by atoms with Gasteiger partial charge in [-0.2, -0.15) is 16.9 Å². The molecule has 1 unspecified atom stereocenters. The predicted octanol–water partition coefficient (Wildman–Crippen LogP) is 2.29. The van der Waals surface area contributed by atoms with E-state index in [-0.39, 0.29) is 24.0 Å². The fraction of sp³-hybridized carbons (Fsp3) is 0.692. The van der Waals surface area contributed by atoms with Gasteiger partial charge in [-0.15, -0.1) is 24.0 Å². The molecule has 20 heavy (non-hydrogen) atoms. The minimum atomic E-state index is 0. The van der Waals surface area contributed by atoms with E-state index in [1.165, 1.54) is 24.2 Å². The molecule has 7 heteroatoms. The molecule has 1 aromatic rings. The minimum absolute atomic E-state index is 0. The van der Waals surface area contributed by atoms with Gasteiger partial charge in [0.05, 0.1) is 6.20 Å². The number of aromatic nitrogens is 2. The normalized spacial score (nSPS) is 22.4. The van der Waals surface area contributed by atoms with Gasteiger partial charge in [0.15, 0.2) is 5.96 Å². The van der Waals surface area contributed by atoms with Crippen LogP contribution in [0.4, 0.5) is 0 Å². The van der Waals surface area contributed by atoms with Crippen molar-refractivity contribution in [3.63, 3.8) is 0 Å². The van der Waals surface area contributed by atoms with Crippen molar-refractivity contribution in [3.05, 3.63) is 17.5 Å². The number of rotatable bonds is 4. The highest BCUT2D eigenvalue weighted by Crippen LogP contribution is 2.36. The Kier molecular flexibility index (Phi) is 7.14. The first-order chi connectivity index (χ1) is 9.13. The monoisotopic (exact) mass is 409 g/mol. The second-order valence-electron chi connectivity index (χ2n) is 5.20. The van der Waals surface area contributed by atoms with E-state index in [9.17, 15) is 0 Å². The molecule has 0 aromatic carbocycles. The zero-order valence-electron chi connectivity index (χ0n) is 12.3. The fourth-order valence-electron chi connectivity index (χ4n) is 2.20.